The van der Waals surface area contributed by atoms with Crippen LogP contribution in [0.1, 0.15) is 34.1 Å². The summed E-state index contributed by atoms with van der Waals surface area (Å²) in [5.41, 5.74) is 2.57. The maximum atomic E-state index is 5.57. The summed E-state index contributed by atoms with van der Waals surface area (Å²) in [6.45, 7) is 8.47. The van der Waals surface area contributed by atoms with E-state index in [1.807, 2.05) is 27.7 Å². The summed E-state index contributed by atoms with van der Waals surface area (Å²) >= 11 is 0. The van der Waals surface area contributed by atoms with Crippen LogP contribution in [0, 0.1) is 11.8 Å². The lowest BCUT2D eigenvalue weighted by Gasteiger charge is -2.23. The molecule has 0 spiro atoms. The van der Waals surface area contributed by atoms with E-state index in [2.05, 4.69) is 17.3 Å². The summed E-state index contributed by atoms with van der Waals surface area (Å²) in [5.74, 6) is 11.1. The highest BCUT2D eigenvalue weighted by atomic mass is 16.5. The van der Waals surface area contributed by atoms with E-state index < -0.39 is 0 Å². The highest BCUT2D eigenvalue weighted by Crippen LogP contribution is 2.07. The van der Waals surface area contributed by atoms with Crippen LogP contribution in [0.5, 0.6) is 0 Å². The quantitative estimate of drug-likeness (QED) is 0.390. The van der Waals surface area contributed by atoms with E-state index in [4.69, 9.17) is 10.6 Å². The predicted molar refractivity (Wildman–Crippen MR) is 54.9 cm³/mol. The molecular weight excluding hydrogens is 164 g/mol. The van der Waals surface area contributed by atoms with Crippen molar-refractivity contribution in [3.8, 4) is 11.8 Å². The number of nitrogens with two attached hydrogens (primary N) is 1. The molecule has 3 nitrogen and oxygen atoms in total. The van der Waals surface area contributed by atoms with Gasteiger partial charge in [-0.05, 0) is 27.7 Å². The molecule has 0 aromatic heterocycles. The van der Waals surface area contributed by atoms with Gasteiger partial charge in [0.15, 0.2) is 0 Å². The first-order valence-corrected chi connectivity index (χ1v) is 4.49. The fraction of sp³-hybridized carbons (Fsp3) is 0.800. The van der Waals surface area contributed by atoms with E-state index in [0.29, 0.717) is 6.61 Å². The SMILES string of the molecule is CC#CCC(COC(C)(C)C)NN. The normalized spacial score (nSPS) is 13.3. The van der Waals surface area contributed by atoms with Gasteiger partial charge in [-0.25, -0.2) is 0 Å². The smallest absolute Gasteiger partial charge is 0.0649 e. The van der Waals surface area contributed by atoms with Crippen molar-refractivity contribution < 1.29 is 4.74 Å². The Labute approximate surface area is 81.0 Å². The molecule has 0 fully saturated rings. The van der Waals surface area contributed by atoms with Crippen LogP contribution in [-0.2, 0) is 4.74 Å². The van der Waals surface area contributed by atoms with Gasteiger partial charge in [-0.3, -0.25) is 11.3 Å². The minimum Gasteiger partial charge on any atom is -0.374 e. The van der Waals surface area contributed by atoms with Crippen molar-refractivity contribution in [2.75, 3.05) is 6.61 Å². The molecule has 0 rings (SSSR count). The topological polar surface area (TPSA) is 47.3 Å². The number of hydrazine groups is 1. The summed E-state index contributed by atoms with van der Waals surface area (Å²) in [6.07, 6.45) is 0.725. The van der Waals surface area contributed by atoms with Crippen molar-refractivity contribution in [2.24, 2.45) is 5.84 Å². The number of hydrogen-bond acceptors (Lipinski definition) is 3. The van der Waals surface area contributed by atoms with Crippen LogP contribution >= 0.6 is 0 Å². The van der Waals surface area contributed by atoms with Gasteiger partial charge in [0, 0.05) is 6.42 Å². The second kappa shape index (κ2) is 5.98. The first-order valence-electron chi connectivity index (χ1n) is 4.49. The molecule has 13 heavy (non-hydrogen) atoms. The van der Waals surface area contributed by atoms with Crippen molar-refractivity contribution in [3.05, 3.63) is 0 Å². The van der Waals surface area contributed by atoms with Crippen molar-refractivity contribution in [1.29, 1.82) is 0 Å². The summed E-state index contributed by atoms with van der Waals surface area (Å²) in [5, 5.41) is 0. The molecule has 0 aliphatic carbocycles. The van der Waals surface area contributed by atoms with Crippen molar-refractivity contribution >= 4 is 0 Å². The van der Waals surface area contributed by atoms with E-state index in [1.165, 1.54) is 0 Å². The van der Waals surface area contributed by atoms with Gasteiger partial charge in [0.1, 0.15) is 0 Å². The standard InChI is InChI=1S/C10H20N2O/c1-5-6-7-9(12-11)8-13-10(2,3)4/h9,12H,7-8,11H2,1-4H3. The Morgan fingerprint density at radius 3 is 2.46 bits per heavy atom. The van der Waals surface area contributed by atoms with E-state index in [0.717, 1.165) is 6.42 Å². The monoisotopic (exact) mass is 184 g/mol. The number of hydrogen-bond donors (Lipinski definition) is 2. The third kappa shape index (κ3) is 7.79. The largest absolute Gasteiger partial charge is 0.374 e. The zero-order chi connectivity index (χ0) is 10.3. The Balaban J connectivity index is 3.76. The van der Waals surface area contributed by atoms with Crippen LogP contribution in [0.15, 0.2) is 0 Å². The molecule has 0 bridgehead atoms. The summed E-state index contributed by atoms with van der Waals surface area (Å²) in [7, 11) is 0. The molecule has 0 saturated carbocycles. The van der Waals surface area contributed by atoms with E-state index in [-0.39, 0.29) is 11.6 Å². The first-order chi connectivity index (χ1) is 5.99. The molecule has 0 aromatic rings. The lowest BCUT2D eigenvalue weighted by molar-refractivity contribution is -0.0138. The summed E-state index contributed by atoms with van der Waals surface area (Å²) in [6, 6.07) is 0.117. The second-order valence-corrected chi connectivity index (χ2v) is 3.92. The van der Waals surface area contributed by atoms with Gasteiger partial charge < -0.3 is 4.74 Å². The average molecular weight is 184 g/mol. The van der Waals surface area contributed by atoms with Gasteiger partial charge in [-0.1, -0.05) is 0 Å². The van der Waals surface area contributed by atoms with Crippen LogP contribution in [0.25, 0.3) is 0 Å². The first kappa shape index (κ1) is 12.4. The summed E-state index contributed by atoms with van der Waals surface area (Å²) in [4.78, 5) is 0. The lowest BCUT2D eigenvalue weighted by atomic mass is 10.2. The van der Waals surface area contributed by atoms with E-state index in [1.54, 1.807) is 0 Å². The summed E-state index contributed by atoms with van der Waals surface area (Å²) < 4.78 is 5.57. The zero-order valence-electron chi connectivity index (χ0n) is 8.98. The molecular formula is C10H20N2O. The van der Waals surface area contributed by atoms with E-state index >= 15 is 0 Å². The predicted octanol–water partition coefficient (Wildman–Crippen LogP) is 1.05. The Bertz CT molecular complexity index is 185. The molecule has 0 saturated heterocycles. The van der Waals surface area contributed by atoms with Gasteiger partial charge >= 0.3 is 0 Å². The molecule has 0 aliphatic heterocycles. The minimum absolute atomic E-state index is 0.116. The average Bonchev–Trinajstić information content (AvgIpc) is 2.03. The molecule has 0 aliphatic rings. The third-order valence-corrected chi connectivity index (χ3v) is 1.48. The highest BCUT2D eigenvalue weighted by Gasteiger charge is 2.13. The second-order valence-electron chi connectivity index (χ2n) is 3.92. The number of nitrogens with one attached hydrogen (secondary N) is 1. The molecule has 1 atom stereocenters. The molecule has 0 amide bonds. The molecule has 76 valence electrons. The minimum atomic E-state index is -0.116. The van der Waals surface area contributed by atoms with Crippen LogP contribution in [-0.4, -0.2) is 18.2 Å². The Hall–Kier alpha value is -0.560. The van der Waals surface area contributed by atoms with Crippen LogP contribution in [0.2, 0.25) is 0 Å². The Morgan fingerprint density at radius 2 is 2.08 bits per heavy atom. The highest BCUT2D eigenvalue weighted by molar-refractivity contribution is 4.97. The van der Waals surface area contributed by atoms with Crippen LogP contribution < -0.4 is 11.3 Å². The van der Waals surface area contributed by atoms with Gasteiger partial charge in [0.2, 0.25) is 0 Å². The number of rotatable bonds is 4. The van der Waals surface area contributed by atoms with Gasteiger partial charge in [0.25, 0.3) is 0 Å². The van der Waals surface area contributed by atoms with E-state index in [9.17, 15) is 0 Å². The number of ether oxygens (including phenoxy) is 1. The van der Waals surface area contributed by atoms with Crippen molar-refractivity contribution in [3.63, 3.8) is 0 Å². The molecule has 0 radical (unpaired) electrons. The maximum absolute atomic E-state index is 5.57. The Kier molecular flexibility index (Phi) is 5.72. The van der Waals surface area contributed by atoms with Crippen LogP contribution in [0.3, 0.4) is 0 Å². The zero-order valence-corrected chi connectivity index (χ0v) is 8.98. The lowest BCUT2D eigenvalue weighted by Crippen LogP contribution is -2.40. The fourth-order valence-corrected chi connectivity index (χ4v) is 0.742. The fourth-order valence-electron chi connectivity index (χ4n) is 0.742. The van der Waals surface area contributed by atoms with Gasteiger partial charge in [-0.2, -0.15) is 0 Å². The van der Waals surface area contributed by atoms with Gasteiger partial charge in [0.05, 0.1) is 18.2 Å². The third-order valence-electron chi connectivity index (χ3n) is 1.48. The van der Waals surface area contributed by atoms with Crippen molar-refractivity contribution in [2.45, 2.75) is 45.8 Å². The Morgan fingerprint density at radius 1 is 1.46 bits per heavy atom. The molecule has 0 heterocycles. The van der Waals surface area contributed by atoms with Crippen molar-refractivity contribution in [1.82, 2.24) is 5.43 Å². The molecule has 3 heteroatoms. The van der Waals surface area contributed by atoms with Crippen LogP contribution in [0.4, 0.5) is 0 Å². The van der Waals surface area contributed by atoms with Gasteiger partial charge in [-0.15, -0.1) is 11.8 Å². The molecule has 0 aromatic carbocycles. The molecule has 1 unspecified atom stereocenters. The maximum Gasteiger partial charge on any atom is 0.0649 e. The molecule has 3 N–H and O–H groups in total.